The molecule has 0 fully saturated rings. The molecule has 88 valence electrons. The number of amides is 1. The molecule has 1 aromatic carbocycles. The fraction of sp³-hybridized carbons (Fsp3) is 0.182. The third-order valence-corrected chi connectivity index (χ3v) is 2.53. The van der Waals surface area contributed by atoms with Crippen molar-refractivity contribution in [3.63, 3.8) is 0 Å². The molecule has 0 aliphatic carbocycles. The van der Waals surface area contributed by atoms with Gasteiger partial charge in [-0.3, -0.25) is 10.1 Å². The summed E-state index contributed by atoms with van der Waals surface area (Å²) in [5.41, 5.74) is 1.00. The second kappa shape index (κ2) is 6.55. The summed E-state index contributed by atoms with van der Waals surface area (Å²) >= 11 is 1.30. The van der Waals surface area contributed by atoms with Gasteiger partial charge in [-0.1, -0.05) is 23.9 Å². The van der Waals surface area contributed by atoms with Gasteiger partial charge in [0.15, 0.2) is 11.4 Å². The predicted octanol–water partition coefficient (Wildman–Crippen LogP) is 1.47. The van der Waals surface area contributed by atoms with Crippen LogP contribution >= 0.6 is 11.8 Å². The summed E-state index contributed by atoms with van der Waals surface area (Å²) in [6.45, 7) is 0. The first-order chi connectivity index (χ1) is 8.22. The Bertz CT molecular complexity index is 479. The van der Waals surface area contributed by atoms with Crippen LogP contribution in [-0.2, 0) is 0 Å². The summed E-state index contributed by atoms with van der Waals surface area (Å²) in [5.74, 6) is -0.207. The quantitative estimate of drug-likeness (QED) is 0.359. The summed E-state index contributed by atoms with van der Waals surface area (Å²) in [4.78, 5) is 15.8. The van der Waals surface area contributed by atoms with Gasteiger partial charge in [-0.2, -0.15) is 5.26 Å². The number of carbonyl (C=O) groups is 1. The molecule has 0 aromatic heterocycles. The molecule has 0 radical (unpaired) electrons. The average Bonchev–Trinajstić information content (AvgIpc) is 2.38. The molecule has 0 saturated heterocycles. The van der Waals surface area contributed by atoms with E-state index in [2.05, 4.69) is 15.6 Å². The lowest BCUT2D eigenvalue weighted by atomic mass is 10.1. The highest BCUT2D eigenvalue weighted by Gasteiger charge is 2.09. The number of thioether (sulfide) groups is 1. The smallest absolute Gasteiger partial charge is 0.253 e. The van der Waals surface area contributed by atoms with Crippen LogP contribution in [0.4, 0.5) is 5.69 Å². The van der Waals surface area contributed by atoms with Gasteiger partial charge in [0.25, 0.3) is 5.91 Å². The molecule has 1 rings (SSSR count). The van der Waals surface area contributed by atoms with Crippen molar-refractivity contribution >= 4 is 28.5 Å². The molecular formula is C11H12N4OS. The molecule has 0 aliphatic rings. The monoisotopic (exact) mass is 248 g/mol. The Labute approximate surface area is 104 Å². The van der Waals surface area contributed by atoms with Crippen molar-refractivity contribution in [3.05, 3.63) is 29.8 Å². The lowest BCUT2D eigenvalue weighted by molar-refractivity contribution is 0.0964. The summed E-state index contributed by atoms with van der Waals surface area (Å²) in [6.07, 6.45) is 3.60. The highest BCUT2D eigenvalue weighted by Crippen LogP contribution is 2.19. The van der Waals surface area contributed by atoms with E-state index in [0.29, 0.717) is 16.4 Å². The van der Waals surface area contributed by atoms with E-state index in [1.807, 2.05) is 0 Å². The minimum atomic E-state index is -0.207. The van der Waals surface area contributed by atoms with Crippen LogP contribution < -0.4 is 10.6 Å². The number of hydrogen-bond donors (Lipinski definition) is 2. The molecule has 0 unspecified atom stereocenters. The van der Waals surface area contributed by atoms with E-state index in [4.69, 9.17) is 5.26 Å². The Morgan fingerprint density at radius 3 is 2.76 bits per heavy atom. The standard InChI is InChI=1S/C11H12N4OS/c1-13-10(16)8-5-3-4-6-9(8)15-11(17-2)14-7-12/h3-6H,1-2H3,(H,13,16)(H,14,15). The molecule has 17 heavy (non-hydrogen) atoms. The SMILES string of the molecule is CNC(=O)c1ccccc1N=C(NC#N)SC. The van der Waals surface area contributed by atoms with Crippen molar-refractivity contribution in [3.8, 4) is 6.19 Å². The van der Waals surface area contributed by atoms with Gasteiger partial charge in [0, 0.05) is 7.05 Å². The minimum Gasteiger partial charge on any atom is -0.355 e. The zero-order valence-corrected chi connectivity index (χ0v) is 10.3. The van der Waals surface area contributed by atoms with Crippen molar-refractivity contribution in [2.45, 2.75) is 0 Å². The van der Waals surface area contributed by atoms with Crippen LogP contribution in [0.3, 0.4) is 0 Å². The Hall–Kier alpha value is -2.00. The molecule has 0 spiro atoms. The predicted molar refractivity (Wildman–Crippen MR) is 69.2 cm³/mol. The third kappa shape index (κ3) is 3.50. The second-order valence-corrected chi connectivity index (χ2v) is 3.75. The molecule has 6 heteroatoms. The van der Waals surface area contributed by atoms with Crippen molar-refractivity contribution in [1.82, 2.24) is 10.6 Å². The summed E-state index contributed by atoms with van der Waals surface area (Å²) in [5, 5.41) is 14.0. The maximum Gasteiger partial charge on any atom is 0.253 e. The first-order valence-electron chi connectivity index (χ1n) is 4.81. The van der Waals surface area contributed by atoms with Gasteiger partial charge in [-0.15, -0.1) is 0 Å². The average molecular weight is 248 g/mol. The molecule has 1 aromatic rings. The topological polar surface area (TPSA) is 77.3 Å². The van der Waals surface area contributed by atoms with Gasteiger partial charge in [0.2, 0.25) is 0 Å². The molecule has 5 nitrogen and oxygen atoms in total. The van der Waals surface area contributed by atoms with E-state index in [1.54, 1.807) is 43.8 Å². The molecule has 0 saturated carbocycles. The number of hydrogen-bond acceptors (Lipinski definition) is 4. The number of amidine groups is 1. The van der Waals surface area contributed by atoms with E-state index < -0.39 is 0 Å². The van der Waals surface area contributed by atoms with E-state index in [-0.39, 0.29) is 5.91 Å². The van der Waals surface area contributed by atoms with E-state index in [1.165, 1.54) is 11.8 Å². The van der Waals surface area contributed by atoms with Gasteiger partial charge >= 0.3 is 0 Å². The van der Waals surface area contributed by atoms with Crippen LogP contribution in [-0.4, -0.2) is 24.4 Å². The Morgan fingerprint density at radius 2 is 2.18 bits per heavy atom. The largest absolute Gasteiger partial charge is 0.355 e. The maximum atomic E-state index is 11.6. The Morgan fingerprint density at radius 1 is 1.47 bits per heavy atom. The van der Waals surface area contributed by atoms with Crippen LogP contribution in [0.25, 0.3) is 0 Å². The van der Waals surface area contributed by atoms with Gasteiger partial charge < -0.3 is 5.32 Å². The fourth-order valence-electron chi connectivity index (χ4n) is 1.18. The number of carbonyl (C=O) groups excluding carboxylic acids is 1. The summed E-state index contributed by atoms with van der Waals surface area (Å²) < 4.78 is 0. The van der Waals surface area contributed by atoms with Crippen LogP contribution in [0, 0.1) is 11.5 Å². The van der Waals surface area contributed by atoms with Crippen molar-refractivity contribution in [1.29, 1.82) is 5.26 Å². The van der Waals surface area contributed by atoms with Crippen LogP contribution in [0.2, 0.25) is 0 Å². The van der Waals surface area contributed by atoms with Crippen LogP contribution in [0.5, 0.6) is 0 Å². The first-order valence-corrected chi connectivity index (χ1v) is 6.04. The van der Waals surface area contributed by atoms with Crippen molar-refractivity contribution < 1.29 is 4.79 Å². The van der Waals surface area contributed by atoms with Gasteiger partial charge in [-0.05, 0) is 18.4 Å². The van der Waals surface area contributed by atoms with E-state index in [9.17, 15) is 4.79 Å². The fourth-order valence-corrected chi connectivity index (χ4v) is 1.52. The van der Waals surface area contributed by atoms with Gasteiger partial charge in [0.1, 0.15) is 0 Å². The van der Waals surface area contributed by atoms with Gasteiger partial charge in [-0.25, -0.2) is 4.99 Å². The van der Waals surface area contributed by atoms with Crippen molar-refractivity contribution in [2.24, 2.45) is 4.99 Å². The lowest BCUT2D eigenvalue weighted by Gasteiger charge is -2.05. The first kappa shape index (κ1) is 13.1. The number of rotatable bonds is 2. The Balaban J connectivity index is 3.14. The number of nitrogens with one attached hydrogen (secondary N) is 2. The molecular weight excluding hydrogens is 236 g/mol. The highest BCUT2D eigenvalue weighted by molar-refractivity contribution is 8.13. The third-order valence-electron chi connectivity index (χ3n) is 1.95. The summed E-state index contributed by atoms with van der Waals surface area (Å²) in [7, 11) is 1.56. The normalized spacial score (nSPS) is 10.5. The maximum absolute atomic E-state index is 11.6. The number of benzene rings is 1. The molecule has 0 bridgehead atoms. The minimum absolute atomic E-state index is 0.207. The second-order valence-electron chi connectivity index (χ2n) is 2.95. The zero-order chi connectivity index (χ0) is 12.7. The zero-order valence-electron chi connectivity index (χ0n) is 9.52. The van der Waals surface area contributed by atoms with Crippen LogP contribution in [0.15, 0.2) is 29.3 Å². The molecule has 0 aliphatic heterocycles. The molecule has 2 N–H and O–H groups in total. The van der Waals surface area contributed by atoms with Crippen LogP contribution in [0.1, 0.15) is 10.4 Å². The number of nitrogens with zero attached hydrogens (tertiary/aromatic N) is 2. The molecule has 0 heterocycles. The van der Waals surface area contributed by atoms with Crippen molar-refractivity contribution in [2.75, 3.05) is 13.3 Å². The Kier molecular flexibility index (Phi) is 5.04. The molecule has 0 atom stereocenters. The molecule has 1 amide bonds. The highest BCUT2D eigenvalue weighted by atomic mass is 32.2. The van der Waals surface area contributed by atoms with E-state index >= 15 is 0 Å². The number of aliphatic imine (C=N–C) groups is 1. The summed E-state index contributed by atoms with van der Waals surface area (Å²) in [6, 6.07) is 6.96. The number of nitriles is 1. The van der Waals surface area contributed by atoms with E-state index in [0.717, 1.165) is 0 Å². The lowest BCUT2D eigenvalue weighted by Crippen LogP contribution is -2.18. The van der Waals surface area contributed by atoms with Gasteiger partial charge in [0.05, 0.1) is 11.3 Å². The number of para-hydroxylation sites is 1.